The summed E-state index contributed by atoms with van der Waals surface area (Å²) in [6, 6.07) is 6.72. The van der Waals surface area contributed by atoms with Gasteiger partial charge in [-0.25, -0.2) is 9.59 Å². The molecule has 23 heavy (non-hydrogen) atoms. The van der Waals surface area contributed by atoms with Gasteiger partial charge >= 0.3 is 12.1 Å². The van der Waals surface area contributed by atoms with Gasteiger partial charge in [-0.3, -0.25) is 0 Å². The third-order valence-electron chi connectivity index (χ3n) is 3.47. The van der Waals surface area contributed by atoms with E-state index in [-0.39, 0.29) is 12.1 Å². The number of carbonyl (C=O) groups is 2. The lowest BCUT2D eigenvalue weighted by Crippen LogP contribution is -2.39. The maximum Gasteiger partial charge on any atom is 0.410 e. The minimum Gasteiger partial charge on any atom is -0.478 e. The highest BCUT2D eigenvalue weighted by Gasteiger charge is 2.29. The van der Waals surface area contributed by atoms with Crippen LogP contribution in [0, 0.1) is 0 Å². The molecule has 126 valence electrons. The lowest BCUT2D eigenvalue weighted by atomic mass is 10.0. The molecule has 2 rings (SSSR count). The summed E-state index contributed by atoms with van der Waals surface area (Å²) in [4.78, 5) is 25.3. The molecular weight excluding hydrogens is 298 g/mol. The van der Waals surface area contributed by atoms with Crippen LogP contribution in [-0.2, 0) is 9.47 Å². The Hall–Kier alpha value is -2.08. The van der Waals surface area contributed by atoms with Gasteiger partial charge in [0.1, 0.15) is 11.7 Å². The summed E-state index contributed by atoms with van der Waals surface area (Å²) in [6.45, 7) is 6.72. The van der Waals surface area contributed by atoms with Crippen molar-refractivity contribution < 1.29 is 24.2 Å². The van der Waals surface area contributed by atoms with Crippen LogP contribution < -0.4 is 0 Å². The van der Waals surface area contributed by atoms with Gasteiger partial charge in [-0.1, -0.05) is 18.2 Å². The Kier molecular flexibility index (Phi) is 5.26. The molecule has 1 aliphatic heterocycles. The Labute approximate surface area is 136 Å². The maximum atomic E-state index is 12.3. The lowest BCUT2D eigenvalue weighted by Gasteiger charge is -2.28. The quantitative estimate of drug-likeness (QED) is 0.906. The fraction of sp³-hybridized carbons (Fsp3) is 0.529. The van der Waals surface area contributed by atoms with Gasteiger partial charge in [0.05, 0.1) is 12.1 Å². The summed E-state index contributed by atoms with van der Waals surface area (Å²) in [5, 5.41) is 9.33. The van der Waals surface area contributed by atoms with E-state index in [1.54, 1.807) is 29.2 Å². The minimum atomic E-state index is -1.00. The van der Waals surface area contributed by atoms with Crippen molar-refractivity contribution in [1.29, 1.82) is 0 Å². The fourth-order valence-corrected chi connectivity index (χ4v) is 2.48. The van der Waals surface area contributed by atoms with Gasteiger partial charge in [0, 0.05) is 13.2 Å². The van der Waals surface area contributed by atoms with Crippen molar-refractivity contribution in [2.45, 2.75) is 38.9 Å². The molecule has 1 heterocycles. The van der Waals surface area contributed by atoms with Crippen molar-refractivity contribution in [1.82, 2.24) is 4.90 Å². The van der Waals surface area contributed by atoms with Crippen LogP contribution in [0.4, 0.5) is 4.79 Å². The first kappa shape index (κ1) is 17.3. The molecule has 0 aliphatic carbocycles. The Balaban J connectivity index is 2.20. The lowest BCUT2D eigenvalue weighted by molar-refractivity contribution is 0.0138. The van der Waals surface area contributed by atoms with Gasteiger partial charge in [0.15, 0.2) is 0 Å². The fourth-order valence-electron chi connectivity index (χ4n) is 2.48. The number of hydrogen-bond donors (Lipinski definition) is 1. The highest BCUT2D eigenvalue weighted by atomic mass is 16.6. The average Bonchev–Trinajstić information content (AvgIpc) is 2.71. The molecule has 1 aromatic carbocycles. The first-order valence-electron chi connectivity index (χ1n) is 7.69. The van der Waals surface area contributed by atoms with Gasteiger partial charge in [0.25, 0.3) is 0 Å². The molecule has 0 saturated carbocycles. The molecule has 6 heteroatoms. The molecule has 1 N–H and O–H groups in total. The molecule has 0 spiro atoms. The van der Waals surface area contributed by atoms with Crippen molar-refractivity contribution in [3.05, 3.63) is 35.4 Å². The number of benzene rings is 1. The van der Waals surface area contributed by atoms with E-state index in [0.717, 1.165) is 0 Å². The van der Waals surface area contributed by atoms with Crippen molar-refractivity contribution >= 4 is 12.1 Å². The van der Waals surface area contributed by atoms with E-state index in [4.69, 9.17) is 9.47 Å². The van der Waals surface area contributed by atoms with Gasteiger partial charge < -0.3 is 19.5 Å². The van der Waals surface area contributed by atoms with E-state index in [1.807, 2.05) is 20.8 Å². The molecule has 1 aliphatic rings. The molecule has 1 atom stereocenters. The Morgan fingerprint density at radius 2 is 2.00 bits per heavy atom. The van der Waals surface area contributed by atoms with Crippen LogP contribution in [0.15, 0.2) is 24.3 Å². The summed E-state index contributed by atoms with van der Waals surface area (Å²) in [5.41, 5.74) is 0.206. The zero-order valence-electron chi connectivity index (χ0n) is 13.7. The first-order chi connectivity index (χ1) is 10.8. The van der Waals surface area contributed by atoms with Crippen LogP contribution in [0.1, 0.15) is 49.2 Å². The Morgan fingerprint density at radius 1 is 1.30 bits per heavy atom. The van der Waals surface area contributed by atoms with E-state index in [0.29, 0.717) is 25.1 Å². The molecule has 1 aromatic rings. The molecule has 0 aromatic heterocycles. The number of carbonyl (C=O) groups excluding carboxylic acids is 1. The number of amides is 1. The summed E-state index contributed by atoms with van der Waals surface area (Å²) < 4.78 is 11.2. The van der Waals surface area contributed by atoms with Gasteiger partial charge in [-0.15, -0.1) is 0 Å². The van der Waals surface area contributed by atoms with E-state index in [9.17, 15) is 14.7 Å². The number of carboxylic acids is 1. The van der Waals surface area contributed by atoms with Gasteiger partial charge in [0.2, 0.25) is 0 Å². The molecule has 1 fully saturated rings. The highest BCUT2D eigenvalue weighted by molar-refractivity contribution is 5.89. The first-order valence-corrected chi connectivity index (χ1v) is 7.69. The summed E-state index contributed by atoms with van der Waals surface area (Å²) in [6.07, 6.45) is -0.191. The van der Waals surface area contributed by atoms with E-state index in [1.165, 1.54) is 0 Å². The van der Waals surface area contributed by atoms with Gasteiger partial charge in [-0.05, 0) is 38.8 Å². The minimum absolute atomic E-state index is 0.198. The predicted octanol–water partition coefficient (Wildman–Crippen LogP) is 3.08. The van der Waals surface area contributed by atoms with Crippen LogP contribution in [-0.4, -0.2) is 47.4 Å². The zero-order chi connectivity index (χ0) is 17.0. The van der Waals surface area contributed by atoms with Crippen LogP contribution >= 0.6 is 0 Å². The monoisotopic (exact) mass is 321 g/mol. The molecule has 6 nitrogen and oxygen atoms in total. The highest BCUT2D eigenvalue weighted by Crippen LogP contribution is 2.26. The largest absolute Gasteiger partial charge is 0.478 e. The summed E-state index contributed by atoms with van der Waals surface area (Å²) in [5.74, 6) is -1.00. The second-order valence-corrected chi connectivity index (χ2v) is 6.53. The topological polar surface area (TPSA) is 76.1 Å². The predicted molar refractivity (Wildman–Crippen MR) is 84.5 cm³/mol. The standard InChI is InChI=1S/C17H23NO5/c1-17(2,3)23-16(21)18-9-6-10-22-14(11-18)12-7-4-5-8-13(12)15(19)20/h4-5,7-8,14H,6,9-11H2,1-3H3,(H,19,20)/t14-/m0/s1. The van der Waals surface area contributed by atoms with Crippen molar-refractivity contribution in [2.75, 3.05) is 19.7 Å². The molecular formula is C17H23NO5. The van der Waals surface area contributed by atoms with Gasteiger partial charge in [-0.2, -0.15) is 0 Å². The van der Waals surface area contributed by atoms with Crippen LogP contribution in [0.5, 0.6) is 0 Å². The van der Waals surface area contributed by atoms with E-state index in [2.05, 4.69) is 0 Å². The summed E-state index contributed by atoms with van der Waals surface area (Å²) >= 11 is 0. The smallest absolute Gasteiger partial charge is 0.410 e. The molecule has 0 unspecified atom stereocenters. The average molecular weight is 321 g/mol. The third-order valence-corrected chi connectivity index (χ3v) is 3.47. The second kappa shape index (κ2) is 7.00. The SMILES string of the molecule is CC(C)(C)OC(=O)N1CCCO[C@H](c2ccccc2C(=O)O)C1. The molecule has 1 amide bonds. The molecule has 0 radical (unpaired) electrons. The maximum absolute atomic E-state index is 12.3. The number of ether oxygens (including phenoxy) is 2. The molecule has 1 saturated heterocycles. The number of nitrogens with zero attached hydrogens (tertiary/aromatic N) is 1. The summed E-state index contributed by atoms with van der Waals surface area (Å²) in [7, 11) is 0. The van der Waals surface area contributed by atoms with Crippen molar-refractivity contribution in [3.8, 4) is 0 Å². The zero-order valence-corrected chi connectivity index (χ0v) is 13.7. The normalized spacial score (nSPS) is 19.1. The Bertz CT molecular complexity index is 579. The number of rotatable bonds is 2. The van der Waals surface area contributed by atoms with E-state index < -0.39 is 23.8 Å². The van der Waals surface area contributed by atoms with Crippen molar-refractivity contribution in [3.63, 3.8) is 0 Å². The number of carboxylic acid groups (broad SMARTS) is 1. The third kappa shape index (κ3) is 4.69. The van der Waals surface area contributed by atoms with Crippen molar-refractivity contribution in [2.24, 2.45) is 0 Å². The van der Waals surface area contributed by atoms with Crippen LogP contribution in [0.25, 0.3) is 0 Å². The van der Waals surface area contributed by atoms with Crippen LogP contribution in [0.2, 0.25) is 0 Å². The van der Waals surface area contributed by atoms with Crippen LogP contribution in [0.3, 0.4) is 0 Å². The number of aromatic carboxylic acids is 1. The molecule has 0 bridgehead atoms. The number of hydrogen-bond acceptors (Lipinski definition) is 4. The second-order valence-electron chi connectivity index (χ2n) is 6.53. The van der Waals surface area contributed by atoms with E-state index >= 15 is 0 Å². The Morgan fingerprint density at radius 3 is 2.65 bits per heavy atom.